The third-order valence-electron chi connectivity index (χ3n) is 7.09. The predicted molar refractivity (Wildman–Crippen MR) is 119 cm³/mol. The maximum Gasteiger partial charge on any atom is 0.312 e. The summed E-state index contributed by atoms with van der Waals surface area (Å²) in [4.78, 5) is 43.7. The average molecular weight is 451 g/mol. The van der Waals surface area contributed by atoms with Crippen molar-refractivity contribution in [2.45, 2.75) is 76.5 Å². The van der Waals surface area contributed by atoms with Crippen LogP contribution in [0.3, 0.4) is 0 Å². The van der Waals surface area contributed by atoms with Gasteiger partial charge in [-0.1, -0.05) is 19.4 Å². The zero-order valence-electron chi connectivity index (χ0n) is 19.5. The highest BCUT2D eigenvalue weighted by atomic mass is 16.6. The van der Waals surface area contributed by atoms with Crippen LogP contribution in [0.5, 0.6) is 0 Å². The fraction of sp³-hybridized carbons (Fsp3) is 0.792. The molecule has 180 valence electrons. The van der Waals surface area contributed by atoms with Crippen LogP contribution >= 0.6 is 0 Å². The standard InChI is InChI=1S/C24H38N2O6/c1-4-7-14-25(13-5-2)22(29)20-24-12-11-17(32-24)18(23(30)31-6-3)19(24)21(28)26(20)15-9-8-10-16-27/h5,17-20,27H,2,4,6-16H2,1,3H3/t17-,18+,19+,20-,24+/m1/s1. The molecule has 32 heavy (non-hydrogen) atoms. The van der Waals surface area contributed by atoms with Gasteiger partial charge in [0.15, 0.2) is 0 Å². The highest BCUT2D eigenvalue weighted by molar-refractivity contribution is 5.98. The minimum Gasteiger partial charge on any atom is -0.466 e. The molecule has 8 heteroatoms. The number of aliphatic hydroxyl groups is 1. The summed E-state index contributed by atoms with van der Waals surface area (Å²) in [6.45, 7) is 9.38. The second-order valence-electron chi connectivity index (χ2n) is 9.05. The number of hydrogen-bond acceptors (Lipinski definition) is 6. The van der Waals surface area contributed by atoms with Crippen LogP contribution in [0, 0.1) is 11.8 Å². The van der Waals surface area contributed by atoms with Gasteiger partial charge in [0.1, 0.15) is 11.6 Å². The Morgan fingerprint density at radius 1 is 1.31 bits per heavy atom. The number of carbonyl (C=O) groups is 3. The molecule has 2 amide bonds. The summed E-state index contributed by atoms with van der Waals surface area (Å²) in [5.74, 6) is -2.04. The van der Waals surface area contributed by atoms with Crippen LogP contribution < -0.4 is 0 Å². The lowest BCUT2D eigenvalue weighted by Crippen LogP contribution is -2.56. The van der Waals surface area contributed by atoms with Gasteiger partial charge < -0.3 is 24.4 Å². The SMILES string of the molecule is C=CCN(CCCC)C(=O)[C@H]1N(CCCCCO)C(=O)[C@@H]2[C@@H](C(=O)OCC)[C@H]3CC[C@]21O3. The summed E-state index contributed by atoms with van der Waals surface area (Å²) >= 11 is 0. The summed E-state index contributed by atoms with van der Waals surface area (Å²) in [5.41, 5.74) is -0.973. The predicted octanol–water partition coefficient (Wildman–Crippen LogP) is 1.90. The first-order chi connectivity index (χ1) is 15.5. The summed E-state index contributed by atoms with van der Waals surface area (Å²) in [7, 11) is 0. The number of rotatable bonds is 13. The van der Waals surface area contributed by atoms with E-state index in [1.807, 2.05) is 0 Å². The molecule has 3 heterocycles. The smallest absolute Gasteiger partial charge is 0.312 e. The number of aliphatic hydroxyl groups excluding tert-OH is 1. The number of likely N-dealkylation sites (tertiary alicyclic amines) is 1. The van der Waals surface area contributed by atoms with E-state index in [9.17, 15) is 14.4 Å². The Morgan fingerprint density at radius 3 is 2.75 bits per heavy atom. The lowest BCUT2D eigenvalue weighted by Gasteiger charge is -2.36. The molecule has 3 fully saturated rings. The Balaban J connectivity index is 1.93. The van der Waals surface area contributed by atoms with Crippen LogP contribution in [-0.4, -0.2) is 83.3 Å². The first kappa shape index (κ1) is 24.7. The Bertz CT molecular complexity index is 713. The second kappa shape index (κ2) is 10.8. The molecule has 0 unspecified atom stereocenters. The number of amides is 2. The molecule has 0 saturated carbocycles. The molecule has 3 saturated heterocycles. The van der Waals surface area contributed by atoms with Gasteiger partial charge in [-0.05, 0) is 45.4 Å². The second-order valence-corrected chi connectivity index (χ2v) is 9.05. The first-order valence-electron chi connectivity index (χ1n) is 12.1. The Labute approximate surface area is 190 Å². The van der Waals surface area contributed by atoms with Crippen molar-refractivity contribution < 1.29 is 29.0 Å². The van der Waals surface area contributed by atoms with E-state index in [0.29, 0.717) is 45.3 Å². The van der Waals surface area contributed by atoms with E-state index in [1.54, 1.807) is 22.8 Å². The van der Waals surface area contributed by atoms with Crippen molar-refractivity contribution >= 4 is 17.8 Å². The van der Waals surface area contributed by atoms with Gasteiger partial charge in [0, 0.05) is 26.2 Å². The molecule has 0 aliphatic carbocycles. The van der Waals surface area contributed by atoms with E-state index in [0.717, 1.165) is 19.3 Å². The highest BCUT2D eigenvalue weighted by Gasteiger charge is 2.74. The molecule has 3 aliphatic heterocycles. The monoisotopic (exact) mass is 450 g/mol. The number of fused-ring (bicyclic) bond motifs is 1. The van der Waals surface area contributed by atoms with Crippen LogP contribution in [0.15, 0.2) is 12.7 Å². The summed E-state index contributed by atoms with van der Waals surface area (Å²) in [6.07, 6.45) is 6.47. The molecule has 0 aromatic heterocycles. The fourth-order valence-corrected chi connectivity index (χ4v) is 5.72. The molecule has 0 radical (unpaired) electrons. The van der Waals surface area contributed by atoms with E-state index in [2.05, 4.69) is 13.5 Å². The van der Waals surface area contributed by atoms with E-state index in [1.165, 1.54) is 0 Å². The molecule has 3 aliphatic rings. The van der Waals surface area contributed by atoms with Gasteiger partial charge in [-0.3, -0.25) is 14.4 Å². The number of esters is 1. The Morgan fingerprint density at radius 2 is 2.09 bits per heavy atom. The van der Waals surface area contributed by atoms with E-state index >= 15 is 0 Å². The van der Waals surface area contributed by atoms with Crippen molar-refractivity contribution in [3.8, 4) is 0 Å². The molecule has 1 spiro atoms. The van der Waals surface area contributed by atoms with Gasteiger partial charge in [0.2, 0.25) is 11.8 Å². The number of unbranched alkanes of at least 4 members (excludes halogenated alkanes) is 3. The maximum atomic E-state index is 13.9. The van der Waals surface area contributed by atoms with Gasteiger partial charge in [-0.2, -0.15) is 0 Å². The maximum absolute atomic E-state index is 13.9. The lowest BCUT2D eigenvalue weighted by atomic mass is 9.70. The third kappa shape index (κ3) is 4.31. The van der Waals surface area contributed by atoms with E-state index in [4.69, 9.17) is 14.6 Å². The summed E-state index contributed by atoms with van der Waals surface area (Å²) < 4.78 is 11.7. The number of nitrogens with zero attached hydrogens (tertiary/aromatic N) is 2. The Kier molecular flexibility index (Phi) is 8.33. The van der Waals surface area contributed by atoms with Crippen LogP contribution in [0.1, 0.15) is 58.8 Å². The van der Waals surface area contributed by atoms with Crippen LogP contribution in [-0.2, 0) is 23.9 Å². The summed E-state index contributed by atoms with van der Waals surface area (Å²) in [6, 6.07) is -0.740. The lowest BCUT2D eigenvalue weighted by molar-refractivity contribution is -0.155. The number of ether oxygens (including phenoxy) is 2. The molecular formula is C24H38N2O6. The van der Waals surface area contributed by atoms with Crippen LogP contribution in [0.4, 0.5) is 0 Å². The Hall–Kier alpha value is -1.93. The molecular weight excluding hydrogens is 412 g/mol. The number of carbonyl (C=O) groups excluding carboxylic acids is 3. The fourth-order valence-electron chi connectivity index (χ4n) is 5.72. The minimum absolute atomic E-state index is 0.0999. The van der Waals surface area contributed by atoms with Crippen molar-refractivity contribution in [2.75, 3.05) is 32.8 Å². The van der Waals surface area contributed by atoms with Crippen molar-refractivity contribution in [1.29, 1.82) is 0 Å². The van der Waals surface area contributed by atoms with Gasteiger partial charge in [0.25, 0.3) is 0 Å². The van der Waals surface area contributed by atoms with Gasteiger partial charge in [-0.15, -0.1) is 6.58 Å². The average Bonchev–Trinajstić information content (AvgIpc) is 3.41. The van der Waals surface area contributed by atoms with E-state index in [-0.39, 0.29) is 31.1 Å². The number of hydrogen-bond donors (Lipinski definition) is 1. The zero-order valence-corrected chi connectivity index (χ0v) is 19.5. The molecule has 5 atom stereocenters. The van der Waals surface area contributed by atoms with E-state index < -0.39 is 29.4 Å². The first-order valence-corrected chi connectivity index (χ1v) is 12.1. The zero-order chi connectivity index (χ0) is 23.3. The highest BCUT2D eigenvalue weighted by Crippen LogP contribution is 2.58. The van der Waals surface area contributed by atoms with Crippen molar-refractivity contribution in [3.63, 3.8) is 0 Å². The normalized spacial score (nSPS) is 30.5. The third-order valence-corrected chi connectivity index (χ3v) is 7.09. The van der Waals surface area contributed by atoms with Gasteiger partial charge in [-0.25, -0.2) is 0 Å². The van der Waals surface area contributed by atoms with Gasteiger partial charge >= 0.3 is 5.97 Å². The van der Waals surface area contributed by atoms with Crippen molar-refractivity contribution in [3.05, 3.63) is 12.7 Å². The van der Waals surface area contributed by atoms with Crippen LogP contribution in [0.2, 0.25) is 0 Å². The quantitative estimate of drug-likeness (QED) is 0.262. The molecule has 2 bridgehead atoms. The topological polar surface area (TPSA) is 96.4 Å². The summed E-state index contributed by atoms with van der Waals surface area (Å²) in [5, 5.41) is 9.10. The van der Waals surface area contributed by atoms with Crippen LogP contribution in [0.25, 0.3) is 0 Å². The van der Waals surface area contributed by atoms with Gasteiger partial charge in [0.05, 0.1) is 24.5 Å². The molecule has 0 aromatic carbocycles. The molecule has 3 rings (SSSR count). The molecule has 0 aromatic rings. The molecule has 1 N–H and O–H groups in total. The van der Waals surface area contributed by atoms with Crippen molar-refractivity contribution in [1.82, 2.24) is 9.80 Å². The minimum atomic E-state index is -0.973. The van der Waals surface area contributed by atoms with Crippen molar-refractivity contribution in [2.24, 2.45) is 11.8 Å². The largest absolute Gasteiger partial charge is 0.466 e. The molecule has 8 nitrogen and oxygen atoms in total.